The van der Waals surface area contributed by atoms with Crippen LogP contribution in [-0.2, 0) is 34.7 Å². The molecule has 10 nitrogen and oxygen atoms in total. The van der Waals surface area contributed by atoms with Crippen molar-refractivity contribution in [2.75, 3.05) is 12.3 Å². The van der Waals surface area contributed by atoms with E-state index in [2.05, 4.69) is 5.32 Å². The van der Waals surface area contributed by atoms with Gasteiger partial charge < -0.3 is 19.7 Å². The van der Waals surface area contributed by atoms with Crippen LogP contribution in [0.4, 0.5) is 4.79 Å². The van der Waals surface area contributed by atoms with E-state index in [-0.39, 0.29) is 23.4 Å². The maximum Gasteiger partial charge on any atom is 0.408 e. The Balaban J connectivity index is 1.37. The Morgan fingerprint density at radius 3 is 2.20 bits per heavy atom. The van der Waals surface area contributed by atoms with Gasteiger partial charge in [-0.2, -0.15) is 0 Å². The number of esters is 1. The molecule has 2 aromatic rings. The molecule has 6 rings (SSSR count). The summed E-state index contributed by atoms with van der Waals surface area (Å²) in [4.78, 5) is 56.8. The molecule has 3 fully saturated rings. The molecular weight excluding hydrogens is 594 g/mol. The van der Waals surface area contributed by atoms with Crippen LogP contribution in [-0.4, -0.2) is 73.2 Å². The van der Waals surface area contributed by atoms with Crippen molar-refractivity contribution in [3.63, 3.8) is 0 Å². The van der Waals surface area contributed by atoms with Gasteiger partial charge in [0.25, 0.3) is 5.91 Å². The van der Waals surface area contributed by atoms with E-state index in [4.69, 9.17) is 9.47 Å². The molecule has 3 aliphatic heterocycles. The van der Waals surface area contributed by atoms with Crippen molar-refractivity contribution in [3.8, 4) is 0 Å². The van der Waals surface area contributed by atoms with Crippen molar-refractivity contribution in [3.05, 3.63) is 94.7 Å². The Morgan fingerprint density at radius 1 is 1.00 bits per heavy atom. The van der Waals surface area contributed by atoms with Crippen LogP contribution in [0.3, 0.4) is 0 Å². The van der Waals surface area contributed by atoms with Crippen LogP contribution in [0.1, 0.15) is 63.7 Å². The number of allylic oxidation sites excluding steroid dienone is 1. The number of ether oxygens (including phenoxy) is 2. The second kappa shape index (κ2) is 12.3. The van der Waals surface area contributed by atoms with Gasteiger partial charge in [-0.3, -0.25) is 18.7 Å². The van der Waals surface area contributed by atoms with Gasteiger partial charge in [-0.15, -0.1) is 0 Å². The molecule has 0 spiro atoms. The highest BCUT2D eigenvalue weighted by Gasteiger charge is 2.58. The number of hydrogen-bond donors (Lipinski definition) is 1. The lowest BCUT2D eigenvalue weighted by atomic mass is 9.97. The highest BCUT2D eigenvalue weighted by atomic mass is 32.2. The number of hydrogen-bond acceptors (Lipinski definition) is 7. The van der Waals surface area contributed by atoms with E-state index in [1.807, 2.05) is 65.6 Å². The summed E-state index contributed by atoms with van der Waals surface area (Å²) in [5.74, 6) is -1.57. The van der Waals surface area contributed by atoms with Crippen LogP contribution < -0.4 is 5.32 Å². The molecule has 2 saturated heterocycles. The highest BCUT2D eigenvalue weighted by molar-refractivity contribution is 7.86. The Labute approximate surface area is 264 Å². The van der Waals surface area contributed by atoms with E-state index in [1.54, 1.807) is 26.8 Å². The first-order valence-electron chi connectivity index (χ1n) is 15.3. The van der Waals surface area contributed by atoms with Gasteiger partial charge in [-0.05, 0) is 69.2 Å². The smallest absolute Gasteiger partial charge is 0.408 e. The second-order valence-corrected chi connectivity index (χ2v) is 14.3. The molecule has 45 heavy (non-hydrogen) atoms. The highest BCUT2D eigenvalue weighted by Crippen LogP contribution is 2.39. The van der Waals surface area contributed by atoms with Gasteiger partial charge in [0, 0.05) is 18.2 Å². The number of nitrogens with zero attached hydrogens (tertiary/aromatic N) is 2. The summed E-state index contributed by atoms with van der Waals surface area (Å²) < 4.78 is 25.1. The van der Waals surface area contributed by atoms with Crippen molar-refractivity contribution < 1.29 is 32.9 Å². The minimum atomic E-state index is -1.69. The fourth-order valence-electron chi connectivity index (χ4n) is 6.00. The predicted octanol–water partition coefficient (Wildman–Crippen LogP) is 4.11. The molecule has 3 atom stereocenters. The van der Waals surface area contributed by atoms with Crippen LogP contribution in [0.15, 0.2) is 83.6 Å². The maximum absolute atomic E-state index is 14.2. The van der Waals surface area contributed by atoms with Crippen molar-refractivity contribution in [1.29, 1.82) is 0 Å². The number of β-lactam (4-membered cyclic amide) rings is 1. The molecule has 2 aromatic carbocycles. The van der Waals surface area contributed by atoms with Gasteiger partial charge >= 0.3 is 12.1 Å². The molecule has 3 amide bonds. The summed E-state index contributed by atoms with van der Waals surface area (Å²) in [5.41, 5.74) is 1.42. The lowest BCUT2D eigenvalue weighted by Crippen LogP contribution is -2.73. The zero-order valence-corrected chi connectivity index (χ0v) is 26.4. The lowest BCUT2D eigenvalue weighted by molar-refractivity contribution is -0.153. The van der Waals surface area contributed by atoms with Crippen LogP contribution in [0.25, 0.3) is 0 Å². The molecule has 0 radical (unpaired) electrons. The Morgan fingerprint density at radius 2 is 1.62 bits per heavy atom. The van der Waals surface area contributed by atoms with Gasteiger partial charge in [0.15, 0.2) is 6.10 Å². The first-order valence-corrected chi connectivity index (χ1v) is 16.7. The average molecular weight is 632 g/mol. The van der Waals surface area contributed by atoms with E-state index >= 15 is 0 Å². The summed E-state index contributed by atoms with van der Waals surface area (Å²) in [6, 6.07) is 17.6. The van der Waals surface area contributed by atoms with Crippen molar-refractivity contribution in [2.45, 2.75) is 75.6 Å². The van der Waals surface area contributed by atoms with Crippen LogP contribution in [0.5, 0.6) is 0 Å². The average Bonchev–Trinajstić information content (AvgIpc) is 3.85. The molecule has 236 valence electrons. The fraction of sp³-hybridized carbons (Fsp3) is 0.412. The van der Waals surface area contributed by atoms with Gasteiger partial charge in [0.2, 0.25) is 5.91 Å². The summed E-state index contributed by atoms with van der Waals surface area (Å²) >= 11 is 0. The van der Waals surface area contributed by atoms with Crippen molar-refractivity contribution in [1.82, 2.24) is 15.1 Å². The van der Waals surface area contributed by atoms with Crippen LogP contribution in [0.2, 0.25) is 0 Å². The molecular formula is C34H37N3O7S. The standard InChI is InChI=1S/C34H37N3O7S/c1-34(2,3)44-33(41)35-26-30(39)37-27(32(40)43-28(21-11-6-4-7-12-21)22-13-8-5-9-14-22)24(20-45(42)31(26)37)19-23-15-10-18-36(29(23)38)25-16-17-25/h4-9,11-14,19,25-26,28,31H,10,15-18,20H2,1-3H3,(H,35,41)/b23-19+/t26-,31-,45+/m1/s1. The molecule has 3 heterocycles. The predicted molar refractivity (Wildman–Crippen MR) is 167 cm³/mol. The Kier molecular flexibility index (Phi) is 8.39. The van der Waals surface area contributed by atoms with E-state index < -0.39 is 51.9 Å². The number of carbonyl (C=O) groups is 4. The molecule has 1 aliphatic carbocycles. The zero-order chi connectivity index (χ0) is 31.9. The minimum absolute atomic E-state index is 0.0625. The lowest BCUT2D eigenvalue weighted by Gasteiger charge is -2.49. The summed E-state index contributed by atoms with van der Waals surface area (Å²) in [6.45, 7) is 5.78. The number of alkyl carbamates (subject to hydrolysis) is 1. The number of rotatable bonds is 7. The van der Waals surface area contributed by atoms with E-state index in [0.717, 1.165) is 35.3 Å². The first kappa shape index (κ1) is 30.8. The number of likely N-dealkylation sites (tertiary alicyclic amines) is 1. The summed E-state index contributed by atoms with van der Waals surface area (Å²) in [6.07, 6.45) is 3.25. The number of carbonyl (C=O) groups excluding carboxylic acids is 4. The number of nitrogens with one attached hydrogen (secondary N) is 1. The Hall–Kier alpha value is -4.25. The fourth-order valence-corrected chi connectivity index (χ4v) is 7.63. The summed E-state index contributed by atoms with van der Waals surface area (Å²) in [7, 11) is -1.69. The number of benzene rings is 2. The second-order valence-electron chi connectivity index (χ2n) is 12.7. The van der Waals surface area contributed by atoms with Crippen molar-refractivity contribution in [2.24, 2.45) is 0 Å². The van der Waals surface area contributed by atoms with Crippen molar-refractivity contribution >= 4 is 34.7 Å². The topological polar surface area (TPSA) is 122 Å². The maximum atomic E-state index is 14.2. The van der Waals surface area contributed by atoms with Gasteiger partial charge in [0.1, 0.15) is 22.7 Å². The number of piperidine rings is 1. The van der Waals surface area contributed by atoms with Crippen LogP contribution in [0, 0.1) is 0 Å². The largest absolute Gasteiger partial charge is 0.448 e. The third-order valence-electron chi connectivity index (χ3n) is 8.17. The molecule has 1 saturated carbocycles. The van der Waals surface area contributed by atoms with E-state index in [9.17, 15) is 23.4 Å². The molecule has 0 bridgehead atoms. The molecule has 4 aliphatic rings. The quantitative estimate of drug-likeness (QED) is 0.277. The number of fused-ring (bicyclic) bond motifs is 1. The molecule has 0 unspecified atom stereocenters. The minimum Gasteiger partial charge on any atom is -0.448 e. The SMILES string of the molecule is CC(C)(C)OC(=O)N[C@@H]1C(=O)N2C(C(=O)OC(c3ccccc3)c3ccccc3)=C(/C=C3\CCCN(C4CC4)C3=O)C[S@](=O)[C@H]12. The Bertz CT molecular complexity index is 1550. The van der Waals surface area contributed by atoms with E-state index in [1.165, 1.54) is 0 Å². The zero-order valence-electron chi connectivity index (χ0n) is 25.6. The molecule has 0 aromatic heterocycles. The monoisotopic (exact) mass is 631 g/mol. The van der Waals surface area contributed by atoms with Gasteiger partial charge in [-0.1, -0.05) is 60.7 Å². The third-order valence-corrected chi connectivity index (χ3v) is 9.78. The van der Waals surface area contributed by atoms with Gasteiger partial charge in [0.05, 0.1) is 16.6 Å². The first-order chi connectivity index (χ1) is 21.5. The number of amides is 3. The van der Waals surface area contributed by atoms with Gasteiger partial charge in [-0.25, -0.2) is 9.59 Å². The van der Waals surface area contributed by atoms with E-state index in [0.29, 0.717) is 24.1 Å². The molecule has 1 N–H and O–H groups in total. The molecule has 11 heteroatoms. The van der Waals surface area contributed by atoms with Crippen LogP contribution >= 0.6 is 0 Å². The third kappa shape index (κ3) is 6.45. The normalized spacial score (nSPS) is 24.4. The summed E-state index contributed by atoms with van der Waals surface area (Å²) in [5, 5.41) is 1.54.